The Morgan fingerprint density at radius 2 is 2.39 bits per heavy atom. The van der Waals surface area contributed by atoms with Gasteiger partial charge in [0.1, 0.15) is 0 Å². The number of morpholine rings is 1. The zero-order valence-corrected chi connectivity index (χ0v) is 12.3. The first kappa shape index (κ1) is 14.0. The summed E-state index contributed by atoms with van der Waals surface area (Å²) in [5.41, 5.74) is 0. The predicted molar refractivity (Wildman–Crippen MR) is 77.2 cm³/mol. The molecular weight excluding hydrogens is 244 g/mol. The van der Waals surface area contributed by atoms with Crippen LogP contribution >= 0.6 is 11.3 Å². The van der Waals surface area contributed by atoms with Crippen LogP contribution in [0.2, 0.25) is 0 Å². The summed E-state index contributed by atoms with van der Waals surface area (Å²) >= 11 is 1.88. The van der Waals surface area contributed by atoms with Crippen LogP contribution in [0.3, 0.4) is 0 Å². The lowest BCUT2D eigenvalue weighted by atomic mass is 10.2. The van der Waals surface area contributed by atoms with Crippen molar-refractivity contribution in [1.29, 1.82) is 0 Å². The van der Waals surface area contributed by atoms with E-state index in [0.29, 0.717) is 6.10 Å². The van der Waals surface area contributed by atoms with Gasteiger partial charge in [0, 0.05) is 42.5 Å². The van der Waals surface area contributed by atoms with Gasteiger partial charge in [-0.2, -0.15) is 0 Å². The van der Waals surface area contributed by atoms with E-state index in [4.69, 9.17) is 4.74 Å². The molecule has 1 unspecified atom stereocenters. The van der Waals surface area contributed by atoms with E-state index >= 15 is 0 Å². The third kappa shape index (κ3) is 4.35. The number of thiophene rings is 1. The summed E-state index contributed by atoms with van der Waals surface area (Å²) in [6, 6.07) is 4.41. The second-order valence-corrected chi connectivity index (χ2v) is 6.26. The van der Waals surface area contributed by atoms with Crippen LogP contribution in [0.5, 0.6) is 0 Å². The molecule has 102 valence electrons. The molecule has 0 amide bonds. The average molecular weight is 268 g/mol. The van der Waals surface area contributed by atoms with Gasteiger partial charge >= 0.3 is 0 Å². The van der Waals surface area contributed by atoms with E-state index in [1.807, 2.05) is 11.3 Å². The third-order valence-electron chi connectivity index (χ3n) is 3.38. The maximum Gasteiger partial charge on any atom is 0.0700 e. The lowest BCUT2D eigenvalue weighted by Crippen LogP contribution is -2.44. The molecular formula is C14H24N2OS. The summed E-state index contributed by atoms with van der Waals surface area (Å²) in [5.74, 6) is 0. The van der Waals surface area contributed by atoms with Crippen molar-refractivity contribution in [2.45, 2.75) is 32.9 Å². The highest BCUT2D eigenvalue weighted by molar-refractivity contribution is 7.11. The van der Waals surface area contributed by atoms with Crippen molar-refractivity contribution in [2.75, 3.05) is 32.8 Å². The van der Waals surface area contributed by atoms with Crippen molar-refractivity contribution >= 4 is 11.3 Å². The molecule has 0 radical (unpaired) electrons. The van der Waals surface area contributed by atoms with E-state index in [-0.39, 0.29) is 0 Å². The quantitative estimate of drug-likeness (QED) is 0.801. The van der Waals surface area contributed by atoms with Gasteiger partial charge < -0.3 is 10.1 Å². The Morgan fingerprint density at radius 3 is 3.11 bits per heavy atom. The smallest absolute Gasteiger partial charge is 0.0700 e. The molecule has 1 aliphatic heterocycles. The van der Waals surface area contributed by atoms with Crippen LogP contribution in [0.4, 0.5) is 0 Å². The second kappa shape index (κ2) is 7.24. The summed E-state index contributed by atoms with van der Waals surface area (Å²) in [6.07, 6.45) is 1.57. The number of nitrogens with zero attached hydrogens (tertiary/aromatic N) is 1. The Balaban J connectivity index is 1.60. The molecule has 0 spiro atoms. The first-order valence-electron chi connectivity index (χ1n) is 6.88. The highest BCUT2D eigenvalue weighted by atomic mass is 32.1. The summed E-state index contributed by atoms with van der Waals surface area (Å²) < 4.78 is 5.68. The van der Waals surface area contributed by atoms with Crippen molar-refractivity contribution in [3.05, 3.63) is 21.9 Å². The SMILES string of the molecule is CCC1CN(CCNCc2ccc(C)s2)CCO1. The molecule has 1 aromatic heterocycles. The van der Waals surface area contributed by atoms with Gasteiger partial charge in [-0.15, -0.1) is 11.3 Å². The van der Waals surface area contributed by atoms with Crippen LogP contribution in [-0.2, 0) is 11.3 Å². The fourth-order valence-corrected chi connectivity index (χ4v) is 3.12. The molecule has 1 aromatic rings. The van der Waals surface area contributed by atoms with Gasteiger partial charge in [-0.1, -0.05) is 6.92 Å². The van der Waals surface area contributed by atoms with Gasteiger partial charge in [-0.3, -0.25) is 4.90 Å². The first-order chi connectivity index (χ1) is 8.78. The van der Waals surface area contributed by atoms with Crippen LogP contribution in [0.15, 0.2) is 12.1 Å². The summed E-state index contributed by atoms with van der Waals surface area (Å²) in [5, 5.41) is 3.52. The van der Waals surface area contributed by atoms with Crippen LogP contribution < -0.4 is 5.32 Å². The van der Waals surface area contributed by atoms with E-state index in [2.05, 4.69) is 36.2 Å². The Hall–Kier alpha value is -0.420. The molecule has 3 nitrogen and oxygen atoms in total. The van der Waals surface area contributed by atoms with Crippen molar-refractivity contribution in [1.82, 2.24) is 10.2 Å². The molecule has 1 fully saturated rings. The molecule has 2 heterocycles. The third-order valence-corrected chi connectivity index (χ3v) is 4.38. The van der Waals surface area contributed by atoms with Crippen LogP contribution in [0.25, 0.3) is 0 Å². The molecule has 2 rings (SSSR count). The number of hydrogen-bond acceptors (Lipinski definition) is 4. The Morgan fingerprint density at radius 1 is 1.50 bits per heavy atom. The Kier molecular flexibility index (Phi) is 5.63. The van der Waals surface area contributed by atoms with E-state index in [0.717, 1.165) is 45.8 Å². The molecule has 0 aromatic carbocycles. The molecule has 4 heteroatoms. The maximum absolute atomic E-state index is 5.68. The minimum Gasteiger partial charge on any atom is -0.376 e. The van der Waals surface area contributed by atoms with Crippen molar-refractivity contribution < 1.29 is 4.74 Å². The number of ether oxygens (including phenoxy) is 1. The minimum atomic E-state index is 0.443. The van der Waals surface area contributed by atoms with Gasteiger partial charge in [0.05, 0.1) is 12.7 Å². The highest BCUT2D eigenvalue weighted by Gasteiger charge is 2.17. The molecule has 18 heavy (non-hydrogen) atoms. The molecule has 1 aliphatic rings. The molecule has 1 N–H and O–H groups in total. The normalized spacial score (nSPS) is 21.3. The highest BCUT2D eigenvalue weighted by Crippen LogP contribution is 2.14. The van der Waals surface area contributed by atoms with Crippen LogP contribution in [0, 0.1) is 6.92 Å². The van der Waals surface area contributed by atoms with E-state index in [9.17, 15) is 0 Å². The van der Waals surface area contributed by atoms with E-state index in [1.165, 1.54) is 9.75 Å². The number of rotatable bonds is 6. The minimum absolute atomic E-state index is 0.443. The summed E-state index contributed by atoms with van der Waals surface area (Å²) in [7, 11) is 0. The predicted octanol–water partition coefficient (Wildman–Crippen LogP) is 2.26. The number of hydrogen-bond donors (Lipinski definition) is 1. The van der Waals surface area contributed by atoms with Crippen molar-refractivity contribution in [3.8, 4) is 0 Å². The Bertz CT molecular complexity index is 353. The van der Waals surface area contributed by atoms with Gasteiger partial charge in [0.25, 0.3) is 0 Å². The van der Waals surface area contributed by atoms with E-state index < -0.39 is 0 Å². The molecule has 1 atom stereocenters. The molecule has 0 bridgehead atoms. The maximum atomic E-state index is 5.68. The van der Waals surface area contributed by atoms with E-state index in [1.54, 1.807) is 0 Å². The lowest BCUT2D eigenvalue weighted by molar-refractivity contribution is -0.0290. The summed E-state index contributed by atoms with van der Waals surface area (Å²) in [6.45, 7) is 10.6. The van der Waals surface area contributed by atoms with Crippen molar-refractivity contribution in [2.24, 2.45) is 0 Å². The monoisotopic (exact) mass is 268 g/mol. The van der Waals surface area contributed by atoms with Gasteiger partial charge in [-0.25, -0.2) is 0 Å². The molecule has 0 saturated carbocycles. The average Bonchev–Trinajstić information content (AvgIpc) is 2.81. The van der Waals surface area contributed by atoms with Gasteiger partial charge in [-0.05, 0) is 25.5 Å². The Labute approximate surface area is 114 Å². The van der Waals surface area contributed by atoms with Crippen LogP contribution in [0.1, 0.15) is 23.1 Å². The second-order valence-electron chi connectivity index (χ2n) is 4.89. The number of nitrogens with one attached hydrogen (secondary N) is 1. The van der Waals surface area contributed by atoms with Crippen LogP contribution in [-0.4, -0.2) is 43.8 Å². The lowest BCUT2D eigenvalue weighted by Gasteiger charge is -2.32. The van der Waals surface area contributed by atoms with Gasteiger partial charge in [0.2, 0.25) is 0 Å². The fourth-order valence-electron chi connectivity index (χ4n) is 2.26. The topological polar surface area (TPSA) is 24.5 Å². The summed E-state index contributed by atoms with van der Waals surface area (Å²) in [4.78, 5) is 5.33. The largest absolute Gasteiger partial charge is 0.376 e. The number of aryl methyl sites for hydroxylation is 1. The molecule has 0 aliphatic carbocycles. The molecule has 1 saturated heterocycles. The fraction of sp³-hybridized carbons (Fsp3) is 0.714. The van der Waals surface area contributed by atoms with Gasteiger partial charge in [0.15, 0.2) is 0 Å². The zero-order valence-electron chi connectivity index (χ0n) is 11.4. The first-order valence-corrected chi connectivity index (χ1v) is 7.69. The van der Waals surface area contributed by atoms with Crippen molar-refractivity contribution in [3.63, 3.8) is 0 Å². The standard InChI is InChI=1S/C14H24N2OS/c1-3-13-11-16(8-9-17-13)7-6-15-10-14-5-4-12(2)18-14/h4-5,13,15H,3,6-11H2,1-2H3. The zero-order chi connectivity index (χ0) is 12.8.